The summed E-state index contributed by atoms with van der Waals surface area (Å²) in [4.78, 5) is 9.42. The number of rotatable bonds is 6. The van der Waals surface area contributed by atoms with E-state index in [4.69, 9.17) is 0 Å². The number of hydrogen-bond acceptors (Lipinski definition) is 5. The summed E-state index contributed by atoms with van der Waals surface area (Å²) in [7, 11) is -1.45. The van der Waals surface area contributed by atoms with Crippen molar-refractivity contribution in [2.75, 3.05) is 44.7 Å². The second-order valence-electron chi connectivity index (χ2n) is 8.43. The number of hydrogen-bond donors (Lipinski definition) is 0. The minimum absolute atomic E-state index is 0.300. The van der Waals surface area contributed by atoms with Gasteiger partial charge in [0.05, 0.1) is 0 Å². The molecule has 30 heavy (non-hydrogen) atoms. The van der Waals surface area contributed by atoms with Crippen LogP contribution >= 0.6 is 0 Å². The molecule has 1 atom stereocenters. The van der Waals surface area contributed by atoms with E-state index in [1.165, 1.54) is 12.0 Å². The first kappa shape index (κ1) is 21.3. The van der Waals surface area contributed by atoms with E-state index in [-0.39, 0.29) is 0 Å². The minimum Gasteiger partial charge on any atom is -0.354 e. The SMILES string of the molecule is CN1CCN(S(=O)(=O)c2ccc(N3CCCCC3CCc3ccccc3)nc2)CC1. The van der Waals surface area contributed by atoms with E-state index in [0.717, 1.165) is 51.1 Å². The first-order valence-electron chi connectivity index (χ1n) is 11.0. The molecule has 0 N–H and O–H groups in total. The van der Waals surface area contributed by atoms with Crippen LogP contribution in [0.5, 0.6) is 0 Å². The molecule has 2 saturated heterocycles. The van der Waals surface area contributed by atoms with Crippen LogP contribution in [-0.4, -0.2) is 68.4 Å². The number of pyridine rings is 1. The molecule has 2 aromatic rings. The number of sulfonamides is 1. The number of nitrogens with zero attached hydrogens (tertiary/aromatic N) is 4. The van der Waals surface area contributed by atoms with Crippen LogP contribution in [0, 0.1) is 0 Å². The van der Waals surface area contributed by atoms with Gasteiger partial charge < -0.3 is 9.80 Å². The van der Waals surface area contributed by atoms with Crippen molar-refractivity contribution in [3.8, 4) is 0 Å². The Morgan fingerprint density at radius 3 is 2.43 bits per heavy atom. The number of piperazine rings is 1. The second-order valence-corrected chi connectivity index (χ2v) is 10.4. The molecule has 3 heterocycles. The van der Waals surface area contributed by atoms with Crippen molar-refractivity contribution in [3.05, 3.63) is 54.2 Å². The number of likely N-dealkylation sites (N-methyl/N-ethyl adjacent to an activating group) is 1. The van der Waals surface area contributed by atoms with Gasteiger partial charge in [0, 0.05) is 45.0 Å². The summed E-state index contributed by atoms with van der Waals surface area (Å²) in [5.74, 6) is 0.894. The average Bonchev–Trinajstić information content (AvgIpc) is 2.79. The normalized spacial score (nSPS) is 21.6. The molecule has 0 spiro atoms. The van der Waals surface area contributed by atoms with E-state index in [0.29, 0.717) is 24.0 Å². The van der Waals surface area contributed by atoms with Gasteiger partial charge >= 0.3 is 0 Å². The number of piperidine rings is 1. The first-order valence-corrected chi connectivity index (χ1v) is 12.4. The fourth-order valence-electron chi connectivity index (χ4n) is 4.45. The number of anilines is 1. The van der Waals surface area contributed by atoms with Gasteiger partial charge in [-0.25, -0.2) is 13.4 Å². The molecule has 2 fully saturated rings. The highest BCUT2D eigenvalue weighted by Gasteiger charge is 2.29. The first-order chi connectivity index (χ1) is 14.5. The molecule has 2 aliphatic rings. The molecule has 0 amide bonds. The summed E-state index contributed by atoms with van der Waals surface area (Å²) < 4.78 is 27.5. The number of aryl methyl sites for hydroxylation is 1. The molecule has 162 valence electrons. The quantitative estimate of drug-likeness (QED) is 0.708. The van der Waals surface area contributed by atoms with Crippen molar-refractivity contribution in [1.29, 1.82) is 0 Å². The minimum atomic E-state index is -3.47. The van der Waals surface area contributed by atoms with Gasteiger partial charge in [-0.15, -0.1) is 0 Å². The van der Waals surface area contributed by atoms with Gasteiger partial charge in [-0.1, -0.05) is 30.3 Å². The van der Waals surface area contributed by atoms with Gasteiger partial charge in [0.2, 0.25) is 10.0 Å². The zero-order chi connectivity index (χ0) is 21.0. The van der Waals surface area contributed by atoms with Gasteiger partial charge in [-0.05, 0) is 56.8 Å². The Labute approximate surface area is 180 Å². The zero-order valence-electron chi connectivity index (χ0n) is 17.8. The van der Waals surface area contributed by atoms with E-state index < -0.39 is 10.0 Å². The Morgan fingerprint density at radius 1 is 0.967 bits per heavy atom. The summed E-state index contributed by atoms with van der Waals surface area (Å²) in [6.07, 6.45) is 7.25. The molecule has 2 aliphatic heterocycles. The maximum absolute atomic E-state index is 13.0. The summed E-state index contributed by atoms with van der Waals surface area (Å²) in [5, 5.41) is 0. The summed E-state index contributed by atoms with van der Waals surface area (Å²) in [5.41, 5.74) is 1.37. The Morgan fingerprint density at radius 2 is 1.73 bits per heavy atom. The van der Waals surface area contributed by atoms with Gasteiger partial charge in [0.1, 0.15) is 10.7 Å². The lowest BCUT2D eigenvalue weighted by atomic mass is 9.96. The van der Waals surface area contributed by atoms with Crippen molar-refractivity contribution < 1.29 is 8.42 Å². The van der Waals surface area contributed by atoms with Crippen LogP contribution in [-0.2, 0) is 16.4 Å². The highest BCUT2D eigenvalue weighted by atomic mass is 32.2. The maximum atomic E-state index is 13.0. The average molecular weight is 429 g/mol. The third-order valence-corrected chi connectivity index (χ3v) is 8.23. The maximum Gasteiger partial charge on any atom is 0.244 e. The van der Waals surface area contributed by atoms with Crippen LogP contribution in [0.3, 0.4) is 0 Å². The van der Waals surface area contributed by atoms with E-state index in [1.54, 1.807) is 16.6 Å². The van der Waals surface area contributed by atoms with Crippen molar-refractivity contribution in [3.63, 3.8) is 0 Å². The molecule has 1 aromatic heterocycles. The number of benzene rings is 1. The van der Waals surface area contributed by atoms with Crippen LogP contribution in [0.2, 0.25) is 0 Å². The van der Waals surface area contributed by atoms with E-state index in [9.17, 15) is 8.42 Å². The molecular weight excluding hydrogens is 396 g/mol. The third kappa shape index (κ3) is 4.85. The topological polar surface area (TPSA) is 56.8 Å². The molecule has 0 saturated carbocycles. The molecule has 1 aromatic carbocycles. The Kier molecular flexibility index (Phi) is 6.71. The van der Waals surface area contributed by atoms with E-state index in [1.807, 2.05) is 13.1 Å². The molecule has 0 bridgehead atoms. The van der Waals surface area contributed by atoms with Crippen molar-refractivity contribution in [2.45, 2.75) is 43.0 Å². The molecule has 1 unspecified atom stereocenters. The lowest BCUT2D eigenvalue weighted by molar-refractivity contribution is 0.222. The highest BCUT2D eigenvalue weighted by Crippen LogP contribution is 2.27. The van der Waals surface area contributed by atoms with Crippen LogP contribution < -0.4 is 4.90 Å². The predicted octanol–water partition coefficient (Wildman–Crippen LogP) is 3.01. The molecule has 4 rings (SSSR count). The Hall–Kier alpha value is -1.96. The van der Waals surface area contributed by atoms with Gasteiger partial charge in [-0.3, -0.25) is 0 Å². The summed E-state index contributed by atoms with van der Waals surface area (Å²) in [6, 6.07) is 14.7. The molecule has 6 nitrogen and oxygen atoms in total. The summed E-state index contributed by atoms with van der Waals surface area (Å²) >= 11 is 0. The Balaban J connectivity index is 1.45. The fourth-order valence-corrected chi connectivity index (χ4v) is 5.82. The summed E-state index contributed by atoms with van der Waals surface area (Å²) in [6.45, 7) is 3.59. The fraction of sp³-hybridized carbons (Fsp3) is 0.522. The van der Waals surface area contributed by atoms with Crippen LogP contribution in [0.1, 0.15) is 31.2 Å². The molecule has 0 aliphatic carbocycles. The predicted molar refractivity (Wildman–Crippen MR) is 120 cm³/mol. The standard InChI is InChI=1S/C23H32N4O2S/c1-25-15-17-26(18-16-25)30(28,29)22-12-13-23(24-19-22)27-14-6-5-9-21(27)11-10-20-7-3-2-4-8-20/h2-4,7-8,12-13,19,21H,5-6,9-11,14-18H2,1H3. The van der Waals surface area contributed by atoms with Crippen LogP contribution in [0.25, 0.3) is 0 Å². The lowest BCUT2D eigenvalue weighted by Crippen LogP contribution is -2.47. The van der Waals surface area contributed by atoms with Gasteiger partial charge in [0.25, 0.3) is 0 Å². The largest absolute Gasteiger partial charge is 0.354 e. The lowest BCUT2D eigenvalue weighted by Gasteiger charge is -2.37. The van der Waals surface area contributed by atoms with Crippen LogP contribution in [0.15, 0.2) is 53.6 Å². The molecule has 0 radical (unpaired) electrons. The third-order valence-electron chi connectivity index (χ3n) is 6.35. The number of aromatic nitrogens is 1. The highest BCUT2D eigenvalue weighted by molar-refractivity contribution is 7.89. The van der Waals surface area contributed by atoms with Gasteiger partial charge in [-0.2, -0.15) is 4.31 Å². The zero-order valence-corrected chi connectivity index (χ0v) is 18.6. The second kappa shape index (κ2) is 9.45. The van der Waals surface area contributed by atoms with E-state index >= 15 is 0 Å². The van der Waals surface area contributed by atoms with Gasteiger partial charge in [0.15, 0.2) is 0 Å². The smallest absolute Gasteiger partial charge is 0.244 e. The van der Waals surface area contributed by atoms with Crippen LogP contribution in [0.4, 0.5) is 5.82 Å². The van der Waals surface area contributed by atoms with Crippen molar-refractivity contribution >= 4 is 15.8 Å². The van der Waals surface area contributed by atoms with Crippen molar-refractivity contribution in [1.82, 2.24) is 14.2 Å². The molecule has 7 heteroatoms. The van der Waals surface area contributed by atoms with Crippen molar-refractivity contribution in [2.24, 2.45) is 0 Å². The van der Waals surface area contributed by atoms with E-state index in [2.05, 4.69) is 45.1 Å². The monoisotopic (exact) mass is 428 g/mol. The Bertz CT molecular complexity index is 910. The molecular formula is C23H32N4O2S.